The van der Waals surface area contributed by atoms with Gasteiger partial charge in [0.2, 0.25) is 0 Å². The Labute approximate surface area is 96.0 Å². The highest BCUT2D eigenvalue weighted by atomic mass is 16.5. The summed E-state index contributed by atoms with van der Waals surface area (Å²) < 4.78 is 11.1. The molecule has 1 fully saturated rings. The van der Waals surface area contributed by atoms with Gasteiger partial charge >= 0.3 is 0 Å². The van der Waals surface area contributed by atoms with E-state index in [-0.39, 0.29) is 12.7 Å². The van der Waals surface area contributed by atoms with Crippen LogP contribution in [0.2, 0.25) is 0 Å². The molecular formula is C13H18O3. The molecule has 0 aromatic heterocycles. The molecule has 16 heavy (non-hydrogen) atoms. The number of aliphatic hydroxyl groups is 1. The molecule has 0 aliphatic carbocycles. The van der Waals surface area contributed by atoms with Gasteiger partial charge in [-0.3, -0.25) is 0 Å². The van der Waals surface area contributed by atoms with E-state index < -0.39 is 0 Å². The van der Waals surface area contributed by atoms with Crippen molar-refractivity contribution in [3.63, 3.8) is 0 Å². The Bertz CT molecular complexity index is 299. The zero-order valence-corrected chi connectivity index (χ0v) is 9.34. The molecule has 1 N–H and O–H groups in total. The molecule has 1 saturated heterocycles. The molecule has 0 saturated carbocycles. The standard InChI is InChI=1S/C13H18O3/c14-7-12-6-13(16-9-12)10-15-8-11-4-2-1-3-5-11/h1-5,12-14H,6-10H2. The van der Waals surface area contributed by atoms with Crippen molar-refractivity contribution in [1.29, 1.82) is 0 Å². The minimum atomic E-state index is 0.154. The molecular weight excluding hydrogens is 204 g/mol. The van der Waals surface area contributed by atoms with Gasteiger partial charge in [0.15, 0.2) is 0 Å². The summed E-state index contributed by atoms with van der Waals surface area (Å²) in [7, 11) is 0. The fourth-order valence-corrected chi connectivity index (χ4v) is 1.91. The van der Waals surface area contributed by atoms with E-state index in [1.165, 1.54) is 5.56 Å². The highest BCUT2D eigenvalue weighted by Crippen LogP contribution is 2.19. The van der Waals surface area contributed by atoms with Crippen LogP contribution in [-0.4, -0.2) is 31.0 Å². The van der Waals surface area contributed by atoms with Crippen LogP contribution in [0.15, 0.2) is 30.3 Å². The molecule has 1 aliphatic rings. The van der Waals surface area contributed by atoms with Gasteiger partial charge in [0, 0.05) is 12.5 Å². The summed E-state index contributed by atoms with van der Waals surface area (Å²) in [5, 5.41) is 8.97. The van der Waals surface area contributed by atoms with Crippen LogP contribution < -0.4 is 0 Å². The molecule has 1 aromatic carbocycles. The first-order chi connectivity index (χ1) is 7.88. The lowest BCUT2D eigenvalue weighted by atomic mass is 10.1. The van der Waals surface area contributed by atoms with Crippen LogP contribution in [0, 0.1) is 5.92 Å². The molecule has 0 spiro atoms. The Balaban J connectivity index is 1.65. The third-order valence-corrected chi connectivity index (χ3v) is 2.84. The predicted octanol–water partition coefficient (Wildman–Crippen LogP) is 1.60. The largest absolute Gasteiger partial charge is 0.396 e. The normalized spacial score (nSPS) is 24.8. The van der Waals surface area contributed by atoms with Crippen LogP contribution in [-0.2, 0) is 16.1 Å². The summed E-state index contributed by atoms with van der Waals surface area (Å²) in [5.41, 5.74) is 1.18. The van der Waals surface area contributed by atoms with Crippen molar-refractivity contribution in [3.8, 4) is 0 Å². The molecule has 2 atom stereocenters. The van der Waals surface area contributed by atoms with Crippen molar-refractivity contribution in [2.45, 2.75) is 19.1 Å². The van der Waals surface area contributed by atoms with Gasteiger partial charge in [-0.05, 0) is 12.0 Å². The smallest absolute Gasteiger partial charge is 0.0813 e. The van der Waals surface area contributed by atoms with E-state index in [0.717, 1.165) is 6.42 Å². The molecule has 0 amide bonds. The SMILES string of the molecule is OCC1COC(COCc2ccccc2)C1. The van der Waals surface area contributed by atoms with Gasteiger partial charge in [0.05, 0.1) is 25.9 Å². The van der Waals surface area contributed by atoms with Crippen LogP contribution in [0.25, 0.3) is 0 Å². The summed E-state index contributed by atoms with van der Waals surface area (Å²) in [6.07, 6.45) is 1.06. The fraction of sp³-hybridized carbons (Fsp3) is 0.538. The van der Waals surface area contributed by atoms with Crippen LogP contribution in [0.4, 0.5) is 0 Å². The second-order valence-corrected chi connectivity index (χ2v) is 4.24. The number of aliphatic hydroxyl groups excluding tert-OH is 1. The van der Waals surface area contributed by atoms with Crippen molar-refractivity contribution < 1.29 is 14.6 Å². The van der Waals surface area contributed by atoms with Crippen LogP contribution in [0.1, 0.15) is 12.0 Å². The summed E-state index contributed by atoms with van der Waals surface area (Å²) >= 11 is 0. The van der Waals surface area contributed by atoms with E-state index in [2.05, 4.69) is 0 Å². The van der Waals surface area contributed by atoms with Gasteiger partial charge in [-0.1, -0.05) is 30.3 Å². The van der Waals surface area contributed by atoms with Crippen LogP contribution in [0.3, 0.4) is 0 Å². The molecule has 2 rings (SSSR count). The zero-order chi connectivity index (χ0) is 11.2. The second-order valence-electron chi connectivity index (χ2n) is 4.24. The van der Waals surface area contributed by atoms with E-state index in [9.17, 15) is 0 Å². The molecule has 3 heteroatoms. The van der Waals surface area contributed by atoms with E-state index in [0.29, 0.717) is 25.7 Å². The first kappa shape index (κ1) is 11.6. The highest BCUT2D eigenvalue weighted by Gasteiger charge is 2.24. The van der Waals surface area contributed by atoms with E-state index in [1.54, 1.807) is 0 Å². The Morgan fingerprint density at radius 1 is 1.31 bits per heavy atom. The molecule has 0 bridgehead atoms. The number of rotatable bonds is 5. The highest BCUT2D eigenvalue weighted by molar-refractivity contribution is 5.13. The van der Waals surface area contributed by atoms with Crippen molar-refractivity contribution in [1.82, 2.24) is 0 Å². The monoisotopic (exact) mass is 222 g/mol. The van der Waals surface area contributed by atoms with Gasteiger partial charge in [0.25, 0.3) is 0 Å². The topological polar surface area (TPSA) is 38.7 Å². The summed E-state index contributed by atoms with van der Waals surface area (Å²) in [6, 6.07) is 10.1. The maximum atomic E-state index is 8.97. The third kappa shape index (κ3) is 3.30. The van der Waals surface area contributed by atoms with Crippen molar-refractivity contribution in [3.05, 3.63) is 35.9 Å². The molecule has 88 valence electrons. The molecule has 2 unspecified atom stereocenters. The predicted molar refractivity (Wildman–Crippen MR) is 61.0 cm³/mol. The van der Waals surface area contributed by atoms with Gasteiger partial charge < -0.3 is 14.6 Å². The number of hydrogen-bond acceptors (Lipinski definition) is 3. The lowest BCUT2D eigenvalue weighted by Crippen LogP contribution is -2.14. The third-order valence-electron chi connectivity index (χ3n) is 2.84. The van der Waals surface area contributed by atoms with E-state index in [1.807, 2.05) is 30.3 Å². The van der Waals surface area contributed by atoms with Gasteiger partial charge in [-0.15, -0.1) is 0 Å². The Morgan fingerprint density at radius 2 is 2.12 bits per heavy atom. The van der Waals surface area contributed by atoms with Gasteiger partial charge in [-0.2, -0.15) is 0 Å². The Hall–Kier alpha value is -0.900. The second kappa shape index (κ2) is 5.99. The van der Waals surface area contributed by atoms with Crippen LogP contribution >= 0.6 is 0 Å². The summed E-state index contributed by atoms with van der Waals surface area (Å²) in [6.45, 7) is 2.13. The number of hydrogen-bond donors (Lipinski definition) is 1. The maximum absolute atomic E-state index is 8.97. The Morgan fingerprint density at radius 3 is 2.81 bits per heavy atom. The molecule has 3 nitrogen and oxygen atoms in total. The minimum Gasteiger partial charge on any atom is -0.396 e. The average Bonchev–Trinajstić information content (AvgIpc) is 2.78. The quantitative estimate of drug-likeness (QED) is 0.822. The average molecular weight is 222 g/mol. The number of ether oxygens (including phenoxy) is 2. The maximum Gasteiger partial charge on any atom is 0.0813 e. The lowest BCUT2D eigenvalue weighted by molar-refractivity contribution is 0.00956. The first-order valence-electron chi connectivity index (χ1n) is 5.72. The molecule has 1 heterocycles. The molecule has 1 aliphatic heterocycles. The minimum absolute atomic E-state index is 0.154. The van der Waals surface area contributed by atoms with E-state index >= 15 is 0 Å². The lowest BCUT2D eigenvalue weighted by Gasteiger charge is -2.10. The first-order valence-corrected chi connectivity index (χ1v) is 5.72. The van der Waals surface area contributed by atoms with Crippen molar-refractivity contribution in [2.24, 2.45) is 5.92 Å². The number of benzene rings is 1. The summed E-state index contributed by atoms with van der Waals surface area (Å²) in [5.74, 6) is 0.297. The fourth-order valence-electron chi connectivity index (χ4n) is 1.91. The molecule has 0 radical (unpaired) electrons. The van der Waals surface area contributed by atoms with Crippen molar-refractivity contribution >= 4 is 0 Å². The summed E-state index contributed by atoms with van der Waals surface area (Å²) in [4.78, 5) is 0. The van der Waals surface area contributed by atoms with E-state index in [4.69, 9.17) is 14.6 Å². The molecule has 1 aromatic rings. The van der Waals surface area contributed by atoms with Crippen LogP contribution in [0.5, 0.6) is 0 Å². The van der Waals surface area contributed by atoms with Gasteiger partial charge in [0.1, 0.15) is 0 Å². The zero-order valence-electron chi connectivity index (χ0n) is 9.34. The van der Waals surface area contributed by atoms with Crippen molar-refractivity contribution in [2.75, 3.05) is 19.8 Å². The Kier molecular flexibility index (Phi) is 4.34. The van der Waals surface area contributed by atoms with Gasteiger partial charge in [-0.25, -0.2) is 0 Å².